The summed E-state index contributed by atoms with van der Waals surface area (Å²) in [5.41, 5.74) is 0. The Morgan fingerprint density at radius 2 is 0.583 bits per heavy atom. The molecule has 0 aliphatic carbocycles. The van der Waals surface area contributed by atoms with Crippen molar-refractivity contribution < 1.29 is 0 Å². The van der Waals surface area contributed by atoms with Crippen LogP contribution in [0.25, 0.3) is 0 Å². The smallest absolute Gasteiger partial charge is 0.00886 e. The van der Waals surface area contributed by atoms with Gasteiger partial charge >= 0.3 is 0 Å². The second kappa shape index (κ2) is 22.6. The SMILES string of the molecule is [CH2]CCCCCCCCCC#CCCCCCCCCCCC[CH2]. The summed E-state index contributed by atoms with van der Waals surface area (Å²) in [6.07, 6.45) is 26.5. The molecule has 0 aliphatic heterocycles. The Bertz CT molecular complexity index is 267. The normalized spacial score (nSPS) is 10.6. The molecule has 0 fully saturated rings. The molecule has 24 heavy (non-hydrogen) atoms. The quantitative estimate of drug-likeness (QED) is 0.174. The van der Waals surface area contributed by atoms with Gasteiger partial charge in [-0.2, -0.15) is 0 Å². The van der Waals surface area contributed by atoms with Crippen molar-refractivity contribution in [2.45, 2.75) is 128 Å². The van der Waals surface area contributed by atoms with Gasteiger partial charge in [-0.15, -0.1) is 11.8 Å². The van der Waals surface area contributed by atoms with Gasteiger partial charge in [0, 0.05) is 12.8 Å². The minimum absolute atomic E-state index is 1.10. The Balaban J connectivity index is 3.07. The standard InChI is InChI=1S/C24H44/c1-3-5-7-9-11-13-15-17-19-21-23-24-22-20-18-16-14-12-10-8-6-4-2/h1-21,23H2. The van der Waals surface area contributed by atoms with Crippen LogP contribution in [-0.4, -0.2) is 0 Å². The molecule has 0 saturated heterocycles. The van der Waals surface area contributed by atoms with Gasteiger partial charge in [0.05, 0.1) is 0 Å². The zero-order chi connectivity index (χ0) is 17.6. The van der Waals surface area contributed by atoms with E-state index in [-0.39, 0.29) is 0 Å². The van der Waals surface area contributed by atoms with Crippen LogP contribution in [0.3, 0.4) is 0 Å². The zero-order valence-electron chi connectivity index (χ0n) is 16.6. The summed E-state index contributed by atoms with van der Waals surface area (Å²) in [5, 5.41) is 0. The number of rotatable bonds is 18. The molecule has 0 aliphatic rings. The van der Waals surface area contributed by atoms with Crippen molar-refractivity contribution in [2.24, 2.45) is 0 Å². The van der Waals surface area contributed by atoms with Crippen molar-refractivity contribution in [1.29, 1.82) is 0 Å². The minimum Gasteiger partial charge on any atom is -0.103 e. The summed E-state index contributed by atoms with van der Waals surface area (Å²) >= 11 is 0. The molecule has 140 valence electrons. The van der Waals surface area contributed by atoms with Crippen molar-refractivity contribution in [1.82, 2.24) is 0 Å². The van der Waals surface area contributed by atoms with Crippen LogP contribution in [0.5, 0.6) is 0 Å². The topological polar surface area (TPSA) is 0 Å². The monoisotopic (exact) mass is 332 g/mol. The highest BCUT2D eigenvalue weighted by atomic mass is 14.0. The zero-order valence-corrected chi connectivity index (χ0v) is 16.6. The first kappa shape index (κ1) is 23.6. The summed E-state index contributed by atoms with van der Waals surface area (Å²) in [4.78, 5) is 0. The van der Waals surface area contributed by atoms with E-state index in [2.05, 4.69) is 25.7 Å². The van der Waals surface area contributed by atoms with E-state index in [1.165, 1.54) is 103 Å². The second-order valence-corrected chi connectivity index (χ2v) is 7.22. The van der Waals surface area contributed by atoms with Gasteiger partial charge in [0.15, 0.2) is 0 Å². The van der Waals surface area contributed by atoms with E-state index in [0.717, 1.165) is 25.7 Å². The van der Waals surface area contributed by atoms with Crippen LogP contribution >= 0.6 is 0 Å². The lowest BCUT2D eigenvalue weighted by Gasteiger charge is -2.00. The molecule has 0 heteroatoms. The van der Waals surface area contributed by atoms with Crippen LogP contribution in [0.15, 0.2) is 0 Å². The fourth-order valence-electron chi connectivity index (χ4n) is 3.08. The molecule has 0 unspecified atom stereocenters. The maximum atomic E-state index is 3.89. The van der Waals surface area contributed by atoms with Gasteiger partial charge in [0.25, 0.3) is 0 Å². The summed E-state index contributed by atoms with van der Waals surface area (Å²) in [6, 6.07) is 0. The number of unbranched alkanes of at least 4 members (excludes halogenated alkanes) is 18. The van der Waals surface area contributed by atoms with Crippen molar-refractivity contribution in [3.63, 3.8) is 0 Å². The fraction of sp³-hybridized carbons (Fsp3) is 0.833. The van der Waals surface area contributed by atoms with Gasteiger partial charge in [-0.05, 0) is 12.8 Å². The van der Waals surface area contributed by atoms with Crippen LogP contribution in [-0.2, 0) is 0 Å². The first-order valence-electron chi connectivity index (χ1n) is 11.0. The molecule has 0 aromatic carbocycles. The van der Waals surface area contributed by atoms with E-state index in [1.807, 2.05) is 0 Å². The maximum absolute atomic E-state index is 3.89. The molecule has 0 nitrogen and oxygen atoms in total. The fourth-order valence-corrected chi connectivity index (χ4v) is 3.08. The highest BCUT2D eigenvalue weighted by molar-refractivity contribution is 4.98. The predicted octanol–water partition coefficient (Wildman–Crippen LogP) is 8.46. The summed E-state index contributed by atoms with van der Waals surface area (Å²) in [5.74, 6) is 6.73. The molecule has 0 amide bonds. The molecule has 0 heterocycles. The Kier molecular flexibility index (Phi) is 22.1. The predicted molar refractivity (Wildman–Crippen MR) is 111 cm³/mol. The molecule has 0 saturated carbocycles. The lowest BCUT2D eigenvalue weighted by molar-refractivity contribution is 0.562. The van der Waals surface area contributed by atoms with Crippen molar-refractivity contribution in [2.75, 3.05) is 0 Å². The molecule has 0 aromatic rings. The van der Waals surface area contributed by atoms with E-state index < -0.39 is 0 Å². The van der Waals surface area contributed by atoms with Crippen LogP contribution in [0.2, 0.25) is 0 Å². The Morgan fingerprint density at radius 3 is 0.875 bits per heavy atom. The Labute approximate surface area is 154 Å². The van der Waals surface area contributed by atoms with Gasteiger partial charge in [-0.3, -0.25) is 0 Å². The van der Waals surface area contributed by atoms with Crippen LogP contribution in [0.1, 0.15) is 128 Å². The highest BCUT2D eigenvalue weighted by Crippen LogP contribution is 2.11. The molecule has 0 aromatic heterocycles. The van der Waals surface area contributed by atoms with Crippen molar-refractivity contribution in [3.05, 3.63) is 13.8 Å². The van der Waals surface area contributed by atoms with E-state index in [4.69, 9.17) is 0 Å². The molecule has 0 atom stereocenters. The summed E-state index contributed by atoms with van der Waals surface area (Å²) < 4.78 is 0. The van der Waals surface area contributed by atoms with Crippen LogP contribution < -0.4 is 0 Å². The Morgan fingerprint density at radius 1 is 0.333 bits per heavy atom. The average Bonchev–Trinajstić information content (AvgIpc) is 2.60. The third kappa shape index (κ3) is 21.6. The molecule has 2 radical (unpaired) electrons. The van der Waals surface area contributed by atoms with Crippen LogP contribution in [0.4, 0.5) is 0 Å². The largest absolute Gasteiger partial charge is 0.103 e. The van der Waals surface area contributed by atoms with Gasteiger partial charge in [0.2, 0.25) is 0 Å². The number of hydrogen-bond donors (Lipinski definition) is 0. The second-order valence-electron chi connectivity index (χ2n) is 7.22. The third-order valence-corrected chi connectivity index (χ3v) is 4.73. The molecule has 0 N–H and O–H groups in total. The lowest BCUT2D eigenvalue weighted by atomic mass is 10.1. The van der Waals surface area contributed by atoms with Gasteiger partial charge in [0.1, 0.15) is 0 Å². The Hall–Kier alpha value is -0.440. The van der Waals surface area contributed by atoms with Gasteiger partial charge in [-0.1, -0.05) is 117 Å². The molecular weight excluding hydrogens is 288 g/mol. The molecule has 0 bridgehead atoms. The first-order valence-corrected chi connectivity index (χ1v) is 11.0. The van der Waals surface area contributed by atoms with E-state index in [1.54, 1.807) is 0 Å². The minimum atomic E-state index is 1.10. The van der Waals surface area contributed by atoms with E-state index in [9.17, 15) is 0 Å². The van der Waals surface area contributed by atoms with E-state index in [0.29, 0.717) is 0 Å². The van der Waals surface area contributed by atoms with Gasteiger partial charge in [-0.25, -0.2) is 0 Å². The lowest BCUT2D eigenvalue weighted by Crippen LogP contribution is -1.81. The molecule has 0 spiro atoms. The number of hydrogen-bond acceptors (Lipinski definition) is 0. The third-order valence-electron chi connectivity index (χ3n) is 4.73. The molecular formula is C24H44. The van der Waals surface area contributed by atoms with Crippen molar-refractivity contribution in [3.8, 4) is 11.8 Å². The van der Waals surface area contributed by atoms with Crippen molar-refractivity contribution >= 4 is 0 Å². The van der Waals surface area contributed by atoms with E-state index >= 15 is 0 Å². The highest BCUT2D eigenvalue weighted by Gasteiger charge is 1.92. The molecule has 0 rings (SSSR count). The van der Waals surface area contributed by atoms with Crippen LogP contribution in [0, 0.1) is 25.7 Å². The summed E-state index contributed by atoms with van der Waals surface area (Å²) in [6.45, 7) is 7.78. The first-order chi connectivity index (χ1) is 11.9. The van der Waals surface area contributed by atoms with Gasteiger partial charge < -0.3 is 0 Å². The maximum Gasteiger partial charge on any atom is 0.00886 e. The average molecular weight is 333 g/mol. The summed E-state index contributed by atoms with van der Waals surface area (Å²) in [7, 11) is 0.